The lowest BCUT2D eigenvalue weighted by atomic mass is 10.2. The fraction of sp³-hybridized carbons (Fsp3) is 0.917. The van der Waals surface area contributed by atoms with E-state index in [0.29, 0.717) is 0 Å². The van der Waals surface area contributed by atoms with Gasteiger partial charge in [0.15, 0.2) is 0 Å². The van der Waals surface area contributed by atoms with Gasteiger partial charge in [0.1, 0.15) is 5.78 Å². The molecule has 0 aromatic heterocycles. The van der Waals surface area contributed by atoms with Crippen LogP contribution >= 0.6 is 0 Å². The Morgan fingerprint density at radius 2 is 1.64 bits per heavy atom. The van der Waals surface area contributed by atoms with Crippen molar-refractivity contribution >= 4 is 5.78 Å². The molecule has 0 aliphatic heterocycles. The van der Waals surface area contributed by atoms with Gasteiger partial charge in [0.2, 0.25) is 0 Å². The second-order valence-corrected chi connectivity index (χ2v) is 3.09. The monoisotopic (exact) mass is 206 g/mol. The van der Waals surface area contributed by atoms with Gasteiger partial charge in [-0.15, -0.1) is 0 Å². The summed E-state index contributed by atoms with van der Waals surface area (Å²) in [6.45, 7) is 7.49. The number of ketones is 1. The van der Waals surface area contributed by atoms with Crippen LogP contribution < -0.4 is 0 Å². The average Bonchev–Trinajstić information content (AvgIpc) is 1.87. The number of Topliss-reactive ketones (excluding diaryl/α,β-unsaturated/α-hetero) is 1. The van der Waals surface area contributed by atoms with Gasteiger partial charge in [-0.1, -0.05) is 35.1 Å². The van der Waals surface area contributed by atoms with Crippen molar-refractivity contribution in [3.8, 4) is 0 Å². The minimum atomic E-state index is -0.102. The van der Waals surface area contributed by atoms with E-state index in [0.717, 1.165) is 25.7 Å². The summed E-state index contributed by atoms with van der Waals surface area (Å²) < 4.78 is 0. The molecule has 0 aliphatic rings. The molecule has 0 amide bonds. The zero-order valence-corrected chi connectivity index (χ0v) is 8.76. The first-order valence-corrected chi connectivity index (χ1v) is 4.72. The summed E-state index contributed by atoms with van der Waals surface area (Å²) in [7, 11) is 0. The van der Waals surface area contributed by atoms with E-state index in [1.165, 1.54) is 0 Å². The third-order valence-corrected chi connectivity index (χ3v) is 1.31. The third-order valence-electron chi connectivity index (χ3n) is 1.31. The highest BCUT2D eigenvalue weighted by Crippen LogP contribution is 1.91. The molecular weight excluding hydrogens is 176 g/mol. The van der Waals surface area contributed by atoms with Crippen LogP contribution in [0.1, 0.15) is 68.2 Å². The van der Waals surface area contributed by atoms with E-state index in [1.807, 2.05) is 13.8 Å². The fourth-order valence-electron chi connectivity index (χ4n) is 0.770. The Bertz CT molecular complexity index is 98.5. The van der Waals surface area contributed by atoms with Crippen molar-refractivity contribution in [1.29, 1.82) is 0 Å². The van der Waals surface area contributed by atoms with Gasteiger partial charge < -0.3 is 9.90 Å². The van der Waals surface area contributed by atoms with Crippen molar-refractivity contribution < 1.29 is 9.90 Å². The smallest absolute Gasteiger partial charge is 0.129 e. The number of aliphatic hydroxyl groups is 1. The topological polar surface area (TPSA) is 37.3 Å². The molecule has 14 heavy (non-hydrogen) atoms. The van der Waals surface area contributed by atoms with Crippen LogP contribution in [-0.4, -0.2) is 17.0 Å². The summed E-state index contributed by atoms with van der Waals surface area (Å²) in [5, 5.41) is 8.55. The van der Waals surface area contributed by atoms with Gasteiger partial charge in [-0.05, 0) is 26.7 Å². The number of carbonyl (C=O) groups excluding carboxylic acids is 1. The maximum atomic E-state index is 10.0. The molecular formula is C12H30O2. The van der Waals surface area contributed by atoms with Crippen LogP contribution in [0.4, 0.5) is 0 Å². The highest BCUT2D eigenvalue weighted by atomic mass is 16.3. The van der Waals surface area contributed by atoms with E-state index in [-0.39, 0.29) is 26.7 Å². The molecule has 2 heteroatoms. The van der Waals surface area contributed by atoms with Crippen molar-refractivity contribution in [2.45, 2.75) is 74.3 Å². The second kappa shape index (κ2) is 18.4. The van der Waals surface area contributed by atoms with Gasteiger partial charge in [-0.25, -0.2) is 0 Å². The molecule has 90 valence electrons. The van der Waals surface area contributed by atoms with Gasteiger partial charge in [0, 0.05) is 6.42 Å². The van der Waals surface area contributed by atoms with E-state index < -0.39 is 0 Å². The Kier molecular flexibility index (Phi) is 30.8. The fourth-order valence-corrected chi connectivity index (χ4v) is 0.770. The number of aliphatic hydroxyl groups excluding tert-OH is 1. The highest BCUT2D eigenvalue weighted by molar-refractivity contribution is 5.75. The largest absolute Gasteiger partial charge is 0.393 e. The molecule has 0 radical (unpaired) electrons. The van der Waals surface area contributed by atoms with Crippen molar-refractivity contribution in [2.24, 2.45) is 0 Å². The summed E-state index contributed by atoms with van der Waals surface area (Å²) in [6.07, 6.45) is 3.63. The first-order valence-electron chi connectivity index (χ1n) is 4.72. The first kappa shape index (κ1) is 23.4. The number of hydrogen-bond donors (Lipinski definition) is 1. The summed E-state index contributed by atoms with van der Waals surface area (Å²) >= 11 is 0. The summed E-state index contributed by atoms with van der Waals surface area (Å²) in [6, 6.07) is 0. The highest BCUT2D eigenvalue weighted by Gasteiger charge is 1.87. The molecule has 1 unspecified atom stereocenters. The molecule has 0 fully saturated rings. The minimum absolute atomic E-state index is 0. The quantitative estimate of drug-likeness (QED) is 0.759. The molecule has 0 bridgehead atoms. The molecule has 1 N–H and O–H groups in total. The maximum absolute atomic E-state index is 10.0. The van der Waals surface area contributed by atoms with E-state index in [9.17, 15) is 4.79 Å². The summed E-state index contributed by atoms with van der Waals surface area (Å²) in [4.78, 5) is 10.0. The van der Waals surface area contributed by atoms with Crippen LogP contribution in [0.15, 0.2) is 0 Å². The second-order valence-electron chi connectivity index (χ2n) is 3.09. The number of carbonyl (C=O) groups is 1. The Balaban J connectivity index is -0.0000000625. The normalized spacial score (nSPS) is 9.79. The third kappa shape index (κ3) is 41.5. The standard InChI is InChI=1S/C5H12O.C5H10O.2CH4/c2*1-3-4-5(2)6;;/h5-6H,3-4H2,1-2H3;3-4H2,1-2H3;2*1H4. The molecule has 0 aliphatic carbocycles. The lowest BCUT2D eigenvalue weighted by Gasteiger charge is -1.95. The van der Waals surface area contributed by atoms with Gasteiger partial charge in [-0.2, -0.15) is 0 Å². The molecule has 0 aromatic rings. The van der Waals surface area contributed by atoms with Crippen molar-refractivity contribution in [1.82, 2.24) is 0 Å². The summed E-state index contributed by atoms with van der Waals surface area (Å²) in [5.41, 5.74) is 0. The Hall–Kier alpha value is -0.370. The lowest BCUT2D eigenvalue weighted by molar-refractivity contribution is -0.117. The van der Waals surface area contributed by atoms with E-state index in [4.69, 9.17) is 5.11 Å². The average molecular weight is 206 g/mol. The van der Waals surface area contributed by atoms with Crippen LogP contribution in [-0.2, 0) is 4.79 Å². The van der Waals surface area contributed by atoms with Crippen molar-refractivity contribution in [2.75, 3.05) is 0 Å². The zero-order valence-electron chi connectivity index (χ0n) is 8.76. The van der Waals surface area contributed by atoms with Crippen LogP contribution in [0, 0.1) is 0 Å². The predicted molar refractivity (Wildman–Crippen MR) is 65.6 cm³/mol. The van der Waals surface area contributed by atoms with Gasteiger partial charge in [0.25, 0.3) is 0 Å². The van der Waals surface area contributed by atoms with Crippen LogP contribution in [0.25, 0.3) is 0 Å². The first-order chi connectivity index (χ1) is 5.54. The number of hydrogen-bond acceptors (Lipinski definition) is 2. The van der Waals surface area contributed by atoms with Crippen LogP contribution in [0.3, 0.4) is 0 Å². The summed E-state index contributed by atoms with van der Waals surface area (Å²) in [5.74, 6) is 0.289. The van der Waals surface area contributed by atoms with E-state index in [2.05, 4.69) is 6.92 Å². The van der Waals surface area contributed by atoms with Crippen LogP contribution in [0.5, 0.6) is 0 Å². The molecule has 0 heterocycles. The Morgan fingerprint density at radius 3 is 1.64 bits per heavy atom. The molecule has 0 aromatic carbocycles. The molecule has 0 rings (SSSR count). The number of rotatable bonds is 4. The molecule has 1 atom stereocenters. The van der Waals surface area contributed by atoms with E-state index >= 15 is 0 Å². The van der Waals surface area contributed by atoms with Crippen molar-refractivity contribution in [3.05, 3.63) is 0 Å². The Labute approximate surface area is 90.7 Å². The SMILES string of the molecule is C.C.CCCC(C)=O.CCCC(C)O. The van der Waals surface area contributed by atoms with Gasteiger partial charge in [-0.3, -0.25) is 0 Å². The maximum Gasteiger partial charge on any atom is 0.129 e. The van der Waals surface area contributed by atoms with E-state index in [1.54, 1.807) is 6.92 Å². The van der Waals surface area contributed by atoms with Gasteiger partial charge >= 0.3 is 0 Å². The van der Waals surface area contributed by atoms with Gasteiger partial charge in [0.05, 0.1) is 6.10 Å². The molecule has 0 spiro atoms. The molecule has 0 saturated carbocycles. The molecule has 2 nitrogen and oxygen atoms in total. The predicted octanol–water partition coefficient (Wildman–Crippen LogP) is 3.82. The minimum Gasteiger partial charge on any atom is -0.393 e. The zero-order chi connectivity index (χ0) is 9.98. The van der Waals surface area contributed by atoms with Crippen LogP contribution in [0.2, 0.25) is 0 Å². The lowest BCUT2D eigenvalue weighted by Crippen LogP contribution is -1.95. The Morgan fingerprint density at radius 1 is 1.21 bits per heavy atom. The van der Waals surface area contributed by atoms with Crippen molar-refractivity contribution in [3.63, 3.8) is 0 Å². The molecule has 0 saturated heterocycles.